The number of rotatable bonds is 3. The molecule has 1 N–H and O–H groups in total. The molecule has 1 nitrogen and oxygen atoms in total. The number of thiophene rings is 1. The van der Waals surface area contributed by atoms with Crippen molar-refractivity contribution in [3.63, 3.8) is 0 Å². The summed E-state index contributed by atoms with van der Waals surface area (Å²) in [4.78, 5) is 0. The minimum Gasteiger partial charge on any atom is -0.354 e. The van der Waals surface area contributed by atoms with E-state index in [1.54, 1.807) is 0 Å². The molecule has 5 aromatic carbocycles. The molecule has 0 aliphatic rings. The maximum atomic E-state index is 3.70. The van der Waals surface area contributed by atoms with Crippen molar-refractivity contribution in [1.82, 2.24) is 0 Å². The summed E-state index contributed by atoms with van der Waals surface area (Å²) in [6, 6.07) is 37.1. The van der Waals surface area contributed by atoms with Gasteiger partial charge in [-0.2, -0.15) is 0 Å². The van der Waals surface area contributed by atoms with Crippen LogP contribution < -0.4 is 5.32 Å². The normalized spacial score (nSPS) is 12.0. The van der Waals surface area contributed by atoms with Gasteiger partial charge in [-0.15, -0.1) is 11.3 Å². The van der Waals surface area contributed by atoms with Crippen LogP contribution in [0.5, 0.6) is 0 Å². The van der Waals surface area contributed by atoms with Crippen molar-refractivity contribution >= 4 is 53.7 Å². The molecule has 1 aromatic heterocycles. The van der Waals surface area contributed by atoms with Crippen LogP contribution in [-0.2, 0) is 5.41 Å². The summed E-state index contributed by atoms with van der Waals surface area (Å²) in [6.45, 7) is 6.94. The number of hydrogen-bond acceptors (Lipinski definition) is 2. The van der Waals surface area contributed by atoms with Crippen LogP contribution in [0.2, 0.25) is 0 Å². The van der Waals surface area contributed by atoms with Gasteiger partial charge in [0.05, 0.1) is 10.4 Å². The molecule has 0 fully saturated rings. The minimum atomic E-state index is 0.0734. The molecule has 34 heavy (non-hydrogen) atoms. The van der Waals surface area contributed by atoms with Gasteiger partial charge in [-0.05, 0) is 57.1 Å². The van der Waals surface area contributed by atoms with E-state index in [9.17, 15) is 0 Å². The highest BCUT2D eigenvalue weighted by atomic mass is 32.1. The summed E-state index contributed by atoms with van der Waals surface area (Å²) in [7, 11) is 0. The Bertz CT molecular complexity index is 1630. The Morgan fingerprint density at radius 2 is 1.29 bits per heavy atom. The first kappa shape index (κ1) is 20.9. The van der Waals surface area contributed by atoms with Gasteiger partial charge < -0.3 is 5.32 Å². The lowest BCUT2D eigenvalue weighted by Crippen LogP contribution is -2.11. The first-order valence-electron chi connectivity index (χ1n) is 11.8. The molecule has 166 valence electrons. The standard InChI is InChI=1S/C32H27NS/c1-32(2,3)27-20-23-12-7-8-13-25(23)29-26-14-9-15-28(30(26)34-31(27)29)33-24-18-16-22(17-19-24)21-10-5-4-6-11-21/h4-20,33H,1-3H3. The van der Waals surface area contributed by atoms with Crippen LogP contribution in [0.25, 0.3) is 42.1 Å². The van der Waals surface area contributed by atoms with E-state index in [0.29, 0.717) is 0 Å². The van der Waals surface area contributed by atoms with Crippen LogP contribution in [-0.4, -0.2) is 0 Å². The van der Waals surface area contributed by atoms with Gasteiger partial charge in [-0.1, -0.05) is 99.6 Å². The van der Waals surface area contributed by atoms with Crippen LogP contribution in [0.15, 0.2) is 103 Å². The van der Waals surface area contributed by atoms with Crippen molar-refractivity contribution in [2.75, 3.05) is 5.32 Å². The molecule has 6 aromatic rings. The lowest BCUT2D eigenvalue weighted by atomic mass is 9.84. The molecule has 0 spiro atoms. The van der Waals surface area contributed by atoms with Gasteiger partial charge in [0, 0.05) is 21.2 Å². The molecular weight excluding hydrogens is 430 g/mol. The minimum absolute atomic E-state index is 0.0734. The molecule has 2 heteroatoms. The maximum absolute atomic E-state index is 3.70. The largest absolute Gasteiger partial charge is 0.354 e. The molecule has 0 atom stereocenters. The summed E-state index contributed by atoms with van der Waals surface area (Å²) >= 11 is 1.91. The van der Waals surface area contributed by atoms with Crippen molar-refractivity contribution in [3.05, 3.63) is 109 Å². The van der Waals surface area contributed by atoms with E-state index in [-0.39, 0.29) is 5.41 Å². The molecule has 0 saturated heterocycles. The molecule has 0 aliphatic carbocycles. The highest BCUT2D eigenvalue weighted by Gasteiger charge is 2.22. The maximum Gasteiger partial charge on any atom is 0.0590 e. The molecule has 0 bridgehead atoms. The quantitative estimate of drug-likeness (QED) is 0.279. The van der Waals surface area contributed by atoms with Gasteiger partial charge in [-0.3, -0.25) is 0 Å². The highest BCUT2D eigenvalue weighted by molar-refractivity contribution is 7.26. The number of anilines is 2. The second kappa shape index (κ2) is 8.00. The number of hydrogen-bond donors (Lipinski definition) is 1. The fourth-order valence-electron chi connectivity index (χ4n) is 4.84. The first-order valence-corrected chi connectivity index (χ1v) is 12.6. The van der Waals surface area contributed by atoms with Crippen molar-refractivity contribution < 1.29 is 0 Å². The van der Waals surface area contributed by atoms with Gasteiger partial charge >= 0.3 is 0 Å². The topological polar surface area (TPSA) is 12.0 Å². The highest BCUT2D eigenvalue weighted by Crippen LogP contribution is 2.46. The van der Waals surface area contributed by atoms with E-state index in [2.05, 4.69) is 129 Å². The Hall–Kier alpha value is -3.62. The predicted molar refractivity (Wildman–Crippen MR) is 151 cm³/mol. The third kappa shape index (κ3) is 3.55. The van der Waals surface area contributed by atoms with E-state index < -0.39 is 0 Å². The SMILES string of the molecule is CC(C)(C)c1cc2ccccc2c2c1sc1c(Nc3ccc(-c4ccccc4)cc3)cccc12. The van der Waals surface area contributed by atoms with E-state index in [0.717, 1.165) is 11.4 Å². The summed E-state index contributed by atoms with van der Waals surface area (Å²) in [5, 5.41) is 9.06. The van der Waals surface area contributed by atoms with Gasteiger partial charge in [0.25, 0.3) is 0 Å². The first-order chi connectivity index (χ1) is 16.5. The second-order valence-electron chi connectivity index (χ2n) is 9.95. The smallest absolute Gasteiger partial charge is 0.0590 e. The molecular formula is C32H27NS. The summed E-state index contributed by atoms with van der Waals surface area (Å²) in [5.41, 5.74) is 6.22. The van der Waals surface area contributed by atoms with Crippen LogP contribution in [0.4, 0.5) is 11.4 Å². The zero-order valence-electron chi connectivity index (χ0n) is 19.7. The van der Waals surface area contributed by atoms with Crippen molar-refractivity contribution in [2.24, 2.45) is 0 Å². The Morgan fingerprint density at radius 3 is 2.06 bits per heavy atom. The molecule has 0 aliphatic heterocycles. The van der Waals surface area contributed by atoms with E-state index in [1.165, 1.54) is 47.6 Å². The Balaban J connectivity index is 1.50. The van der Waals surface area contributed by atoms with E-state index in [1.807, 2.05) is 11.3 Å². The molecule has 0 unspecified atom stereocenters. The van der Waals surface area contributed by atoms with Crippen LogP contribution in [0, 0.1) is 0 Å². The summed E-state index contributed by atoms with van der Waals surface area (Å²) < 4.78 is 2.71. The molecule has 0 radical (unpaired) electrons. The lowest BCUT2D eigenvalue weighted by Gasteiger charge is -2.21. The van der Waals surface area contributed by atoms with Crippen molar-refractivity contribution in [3.8, 4) is 11.1 Å². The average Bonchev–Trinajstić information content (AvgIpc) is 3.25. The lowest BCUT2D eigenvalue weighted by molar-refractivity contribution is 0.597. The van der Waals surface area contributed by atoms with E-state index >= 15 is 0 Å². The Morgan fingerprint density at radius 1 is 0.618 bits per heavy atom. The predicted octanol–water partition coefficient (Wildman–Crippen LogP) is 9.92. The van der Waals surface area contributed by atoms with Crippen LogP contribution >= 0.6 is 11.3 Å². The third-order valence-electron chi connectivity index (χ3n) is 6.57. The Labute approximate surface area is 204 Å². The third-order valence-corrected chi connectivity index (χ3v) is 7.84. The summed E-state index contributed by atoms with van der Waals surface area (Å²) in [5.74, 6) is 0. The van der Waals surface area contributed by atoms with Crippen LogP contribution in [0.3, 0.4) is 0 Å². The fourth-order valence-corrected chi connectivity index (χ4v) is 6.35. The second-order valence-corrected chi connectivity index (χ2v) is 11.0. The number of nitrogens with one attached hydrogen (secondary N) is 1. The van der Waals surface area contributed by atoms with Gasteiger partial charge in [0.1, 0.15) is 0 Å². The summed E-state index contributed by atoms with van der Waals surface area (Å²) in [6.07, 6.45) is 0. The molecule has 1 heterocycles. The van der Waals surface area contributed by atoms with Crippen molar-refractivity contribution in [2.45, 2.75) is 26.2 Å². The number of fused-ring (bicyclic) bond motifs is 5. The molecule has 0 amide bonds. The molecule has 0 saturated carbocycles. The van der Waals surface area contributed by atoms with Gasteiger partial charge in [-0.25, -0.2) is 0 Å². The van der Waals surface area contributed by atoms with Gasteiger partial charge in [0.2, 0.25) is 0 Å². The van der Waals surface area contributed by atoms with Gasteiger partial charge in [0.15, 0.2) is 0 Å². The zero-order chi connectivity index (χ0) is 23.3. The van der Waals surface area contributed by atoms with Crippen LogP contribution in [0.1, 0.15) is 26.3 Å². The number of benzene rings is 5. The van der Waals surface area contributed by atoms with Crippen molar-refractivity contribution in [1.29, 1.82) is 0 Å². The average molecular weight is 458 g/mol. The monoisotopic (exact) mass is 457 g/mol. The zero-order valence-corrected chi connectivity index (χ0v) is 20.5. The Kier molecular flexibility index (Phi) is 4.93. The van der Waals surface area contributed by atoms with E-state index in [4.69, 9.17) is 0 Å². The fraction of sp³-hybridized carbons (Fsp3) is 0.125. The molecule has 6 rings (SSSR count).